The van der Waals surface area contributed by atoms with Crippen LogP contribution in [-0.2, 0) is 14.2 Å². The van der Waals surface area contributed by atoms with Crippen LogP contribution in [0.3, 0.4) is 0 Å². The minimum atomic E-state index is -0.586. The van der Waals surface area contributed by atoms with E-state index in [0.29, 0.717) is 5.69 Å². The summed E-state index contributed by atoms with van der Waals surface area (Å²) >= 11 is 0. The second-order valence-electron chi connectivity index (χ2n) is 4.74. The van der Waals surface area contributed by atoms with E-state index in [2.05, 4.69) is 15.4 Å². The second kappa shape index (κ2) is 5.92. The zero-order chi connectivity index (χ0) is 13.8. The van der Waals surface area contributed by atoms with Gasteiger partial charge < -0.3 is 14.2 Å². The van der Waals surface area contributed by atoms with Gasteiger partial charge in [-0.2, -0.15) is 10.3 Å². The van der Waals surface area contributed by atoms with Gasteiger partial charge in [0.2, 0.25) is 0 Å². The van der Waals surface area contributed by atoms with E-state index in [4.69, 9.17) is 14.2 Å². The molecule has 7 nitrogen and oxygen atoms in total. The second-order valence-corrected chi connectivity index (χ2v) is 4.74. The third-order valence-electron chi connectivity index (χ3n) is 2.07. The largest absolute Gasteiger partial charge is 0.455 e. The molecule has 0 aliphatic carbocycles. The molecule has 1 aromatic rings. The molecule has 1 N–H and O–H groups in total. The smallest absolute Gasteiger partial charge is 0.361 e. The molecule has 0 spiro atoms. The van der Waals surface area contributed by atoms with E-state index in [1.54, 1.807) is 27.9 Å². The van der Waals surface area contributed by atoms with Gasteiger partial charge in [0.15, 0.2) is 5.69 Å². The number of carbonyl (C=O) groups is 1. The number of esters is 1. The van der Waals surface area contributed by atoms with Gasteiger partial charge in [0.25, 0.3) is 0 Å². The summed E-state index contributed by atoms with van der Waals surface area (Å²) in [5.74, 6) is -0.538. The zero-order valence-corrected chi connectivity index (χ0v) is 11.3. The van der Waals surface area contributed by atoms with Gasteiger partial charge in [0.1, 0.15) is 17.4 Å². The number of carbonyl (C=O) groups excluding carboxylic acids is 1. The van der Waals surface area contributed by atoms with Crippen LogP contribution in [0.1, 0.15) is 43.1 Å². The fraction of sp³-hybridized carbons (Fsp3) is 0.727. The van der Waals surface area contributed by atoms with Crippen LogP contribution < -0.4 is 0 Å². The highest BCUT2D eigenvalue weighted by Gasteiger charge is 2.27. The number of aromatic nitrogens is 3. The Morgan fingerprint density at radius 1 is 1.33 bits per heavy atom. The maximum atomic E-state index is 11.9. The fourth-order valence-corrected chi connectivity index (χ4v) is 1.35. The summed E-state index contributed by atoms with van der Waals surface area (Å²) < 4.78 is 15.4. The van der Waals surface area contributed by atoms with Crippen molar-refractivity contribution in [2.75, 3.05) is 20.8 Å². The molecule has 0 saturated carbocycles. The van der Waals surface area contributed by atoms with Crippen LogP contribution in [0.2, 0.25) is 0 Å². The van der Waals surface area contributed by atoms with E-state index in [0.717, 1.165) is 0 Å². The Bertz CT molecular complexity index is 397. The molecule has 0 radical (unpaired) electrons. The first kappa shape index (κ1) is 14.6. The summed E-state index contributed by atoms with van der Waals surface area (Å²) in [6.45, 7) is 5.63. The summed E-state index contributed by atoms with van der Waals surface area (Å²) in [6, 6.07) is 0. The van der Waals surface area contributed by atoms with Crippen LogP contribution in [0.4, 0.5) is 0 Å². The van der Waals surface area contributed by atoms with E-state index < -0.39 is 17.7 Å². The number of hydrogen-bond donors (Lipinski definition) is 1. The average molecular weight is 257 g/mol. The highest BCUT2D eigenvalue weighted by atomic mass is 16.6. The number of rotatable bonds is 5. The molecule has 7 heteroatoms. The molecule has 0 saturated heterocycles. The van der Waals surface area contributed by atoms with Crippen molar-refractivity contribution in [3.05, 3.63) is 11.4 Å². The lowest BCUT2D eigenvalue weighted by atomic mass is 10.2. The van der Waals surface area contributed by atoms with Crippen LogP contribution in [-0.4, -0.2) is 47.8 Å². The Labute approximate surface area is 106 Å². The molecule has 0 aromatic carbocycles. The highest BCUT2D eigenvalue weighted by molar-refractivity contribution is 5.88. The highest BCUT2D eigenvalue weighted by Crippen LogP contribution is 2.19. The Morgan fingerprint density at radius 2 is 2.00 bits per heavy atom. The topological polar surface area (TPSA) is 86.3 Å². The minimum absolute atomic E-state index is 0.119. The predicted molar refractivity (Wildman–Crippen MR) is 63.2 cm³/mol. The number of methoxy groups -OCH3 is 2. The Kier molecular flexibility index (Phi) is 4.80. The molecule has 1 unspecified atom stereocenters. The Balaban J connectivity index is 2.91. The lowest BCUT2D eigenvalue weighted by Crippen LogP contribution is -2.25. The maximum absolute atomic E-state index is 11.9. The van der Waals surface area contributed by atoms with E-state index in [-0.39, 0.29) is 12.3 Å². The van der Waals surface area contributed by atoms with Gasteiger partial charge in [-0.1, -0.05) is 0 Å². The summed E-state index contributed by atoms with van der Waals surface area (Å²) in [4.78, 5) is 11.9. The molecule has 1 heterocycles. The van der Waals surface area contributed by atoms with E-state index in [9.17, 15) is 4.79 Å². The maximum Gasteiger partial charge on any atom is 0.361 e. The number of nitrogens with one attached hydrogen (secondary N) is 1. The van der Waals surface area contributed by atoms with Crippen LogP contribution in [0.5, 0.6) is 0 Å². The number of hydrogen-bond acceptors (Lipinski definition) is 6. The number of H-pyrrole nitrogens is 1. The summed E-state index contributed by atoms with van der Waals surface area (Å²) in [6.07, 6.45) is -0.462. The molecule has 102 valence electrons. The van der Waals surface area contributed by atoms with Crippen molar-refractivity contribution < 1.29 is 19.0 Å². The van der Waals surface area contributed by atoms with Crippen LogP contribution in [0, 0.1) is 0 Å². The number of ether oxygens (including phenoxy) is 3. The molecule has 18 heavy (non-hydrogen) atoms. The predicted octanol–water partition coefficient (Wildman–Crippen LogP) is 1.09. The number of aromatic amines is 1. The Hall–Kier alpha value is -1.47. The summed E-state index contributed by atoms with van der Waals surface area (Å²) in [5.41, 5.74) is -0.0839. The Morgan fingerprint density at radius 3 is 2.50 bits per heavy atom. The summed E-state index contributed by atoms with van der Waals surface area (Å²) in [7, 11) is 3.05. The van der Waals surface area contributed by atoms with E-state index >= 15 is 0 Å². The van der Waals surface area contributed by atoms with Gasteiger partial charge in [-0.3, -0.25) is 0 Å². The SMILES string of the molecule is COCC(OC)c1n[nH]nc1C(=O)OC(C)(C)C. The van der Waals surface area contributed by atoms with Crippen molar-refractivity contribution in [2.45, 2.75) is 32.5 Å². The molecule has 1 rings (SSSR count). The molecule has 1 atom stereocenters. The first-order valence-electron chi connectivity index (χ1n) is 5.54. The van der Waals surface area contributed by atoms with Crippen molar-refractivity contribution in [2.24, 2.45) is 0 Å². The van der Waals surface area contributed by atoms with Gasteiger partial charge >= 0.3 is 5.97 Å². The van der Waals surface area contributed by atoms with Crippen molar-refractivity contribution in [1.29, 1.82) is 0 Å². The van der Waals surface area contributed by atoms with Crippen molar-refractivity contribution in [3.63, 3.8) is 0 Å². The van der Waals surface area contributed by atoms with E-state index in [1.807, 2.05) is 0 Å². The van der Waals surface area contributed by atoms with Gasteiger partial charge in [-0.25, -0.2) is 4.79 Å². The molecule has 0 amide bonds. The van der Waals surface area contributed by atoms with E-state index in [1.165, 1.54) is 7.11 Å². The fourth-order valence-electron chi connectivity index (χ4n) is 1.35. The number of nitrogens with zero attached hydrogens (tertiary/aromatic N) is 2. The first-order valence-corrected chi connectivity index (χ1v) is 5.54. The average Bonchev–Trinajstić information content (AvgIpc) is 2.72. The normalized spacial score (nSPS) is 13.4. The van der Waals surface area contributed by atoms with Gasteiger partial charge in [0.05, 0.1) is 6.61 Å². The first-order chi connectivity index (χ1) is 8.39. The molecule has 0 aliphatic heterocycles. The van der Waals surface area contributed by atoms with Crippen molar-refractivity contribution in [3.8, 4) is 0 Å². The van der Waals surface area contributed by atoms with Gasteiger partial charge in [0, 0.05) is 14.2 Å². The van der Waals surface area contributed by atoms with Crippen molar-refractivity contribution >= 4 is 5.97 Å². The lowest BCUT2D eigenvalue weighted by Gasteiger charge is -2.19. The molecular weight excluding hydrogens is 238 g/mol. The van der Waals surface area contributed by atoms with Crippen LogP contribution >= 0.6 is 0 Å². The minimum Gasteiger partial charge on any atom is -0.455 e. The van der Waals surface area contributed by atoms with Gasteiger partial charge in [-0.15, -0.1) is 5.10 Å². The molecule has 0 fully saturated rings. The standard InChI is InChI=1S/C11H19N3O4/c1-11(2,3)18-10(15)9-8(12-14-13-9)7(17-5)6-16-4/h7H,6H2,1-5H3,(H,12,13,14). The molecule has 0 bridgehead atoms. The van der Waals surface area contributed by atoms with Crippen LogP contribution in [0.25, 0.3) is 0 Å². The quantitative estimate of drug-likeness (QED) is 0.795. The zero-order valence-electron chi connectivity index (χ0n) is 11.3. The van der Waals surface area contributed by atoms with Gasteiger partial charge in [-0.05, 0) is 20.8 Å². The summed E-state index contributed by atoms with van der Waals surface area (Å²) in [5, 5.41) is 10.1. The molecule has 0 aliphatic rings. The molecule has 1 aromatic heterocycles. The molecular formula is C11H19N3O4. The van der Waals surface area contributed by atoms with Crippen molar-refractivity contribution in [1.82, 2.24) is 15.4 Å². The third kappa shape index (κ3) is 3.78. The van der Waals surface area contributed by atoms with Crippen LogP contribution in [0.15, 0.2) is 0 Å². The monoisotopic (exact) mass is 257 g/mol. The lowest BCUT2D eigenvalue weighted by molar-refractivity contribution is 0.00348. The third-order valence-corrected chi connectivity index (χ3v) is 2.07.